The third-order valence-corrected chi connectivity index (χ3v) is 3.05. The zero-order valence-corrected chi connectivity index (χ0v) is 13.1. The summed E-state index contributed by atoms with van der Waals surface area (Å²) in [7, 11) is 1.41. The first-order chi connectivity index (χ1) is 11.8. The van der Waals surface area contributed by atoms with Gasteiger partial charge in [-0.05, 0) is 30.3 Å². The van der Waals surface area contributed by atoms with Gasteiger partial charge in [0.05, 0.1) is 12.6 Å². The van der Waals surface area contributed by atoms with Crippen LogP contribution in [0.2, 0.25) is 0 Å². The summed E-state index contributed by atoms with van der Waals surface area (Å²) in [5.74, 6) is -1.79. The van der Waals surface area contributed by atoms with Crippen LogP contribution in [0.3, 0.4) is 0 Å². The number of nitrogens with zero attached hydrogens (tertiary/aromatic N) is 2. The molecular weight excluding hydrogens is 333 g/mol. The van der Waals surface area contributed by atoms with Crippen molar-refractivity contribution in [3.05, 3.63) is 64.2 Å². The van der Waals surface area contributed by atoms with Gasteiger partial charge in [0.2, 0.25) is 11.8 Å². The average Bonchev–Trinajstić information content (AvgIpc) is 3.01. The summed E-state index contributed by atoms with van der Waals surface area (Å²) < 4.78 is 17.9. The summed E-state index contributed by atoms with van der Waals surface area (Å²) in [6.07, 6.45) is 2.38. The molecule has 130 valence electrons. The van der Waals surface area contributed by atoms with Gasteiger partial charge in [-0.1, -0.05) is 6.07 Å². The molecule has 1 N–H and O–H groups in total. The Labute approximate surface area is 141 Å². The number of carbonyl (C=O) groups is 2. The van der Waals surface area contributed by atoms with Gasteiger partial charge in [-0.25, -0.2) is 4.39 Å². The van der Waals surface area contributed by atoms with E-state index in [-0.39, 0.29) is 18.0 Å². The smallest absolute Gasteiger partial charge is 0.401 e. The first-order valence-electron chi connectivity index (χ1n) is 7.08. The van der Waals surface area contributed by atoms with Gasteiger partial charge in [-0.2, -0.15) is 0 Å². The highest BCUT2D eigenvalue weighted by atomic mass is 19.1. The van der Waals surface area contributed by atoms with Crippen LogP contribution >= 0.6 is 0 Å². The monoisotopic (exact) mass is 347 g/mol. The number of hydrogen-bond donors (Lipinski definition) is 1. The fourth-order valence-electron chi connectivity index (χ4n) is 1.87. The SMILES string of the molecule is CN(CC(=O)Nc1cccc(F)c1)C(=O)/C=C/c1ccc([N+](=O)[O-])o1. The predicted octanol–water partition coefficient (Wildman–Crippen LogP) is 2.44. The Kier molecular flexibility index (Phi) is 5.62. The molecule has 0 aliphatic heterocycles. The van der Waals surface area contributed by atoms with Crippen LogP contribution in [0.5, 0.6) is 0 Å². The van der Waals surface area contributed by atoms with Gasteiger partial charge in [0.15, 0.2) is 0 Å². The van der Waals surface area contributed by atoms with E-state index in [1.54, 1.807) is 0 Å². The van der Waals surface area contributed by atoms with E-state index >= 15 is 0 Å². The van der Waals surface area contributed by atoms with Gasteiger partial charge in [0, 0.05) is 18.8 Å². The van der Waals surface area contributed by atoms with Crippen LogP contribution in [0.4, 0.5) is 16.0 Å². The molecule has 25 heavy (non-hydrogen) atoms. The van der Waals surface area contributed by atoms with Gasteiger partial charge in [-0.15, -0.1) is 0 Å². The lowest BCUT2D eigenvalue weighted by atomic mass is 10.3. The lowest BCUT2D eigenvalue weighted by Crippen LogP contribution is -2.33. The molecule has 0 unspecified atom stereocenters. The van der Waals surface area contributed by atoms with E-state index in [2.05, 4.69) is 5.32 Å². The number of amides is 2. The minimum absolute atomic E-state index is 0.137. The highest BCUT2D eigenvalue weighted by Crippen LogP contribution is 2.16. The molecule has 0 atom stereocenters. The largest absolute Gasteiger partial charge is 0.433 e. The van der Waals surface area contributed by atoms with E-state index in [9.17, 15) is 24.1 Å². The normalized spacial score (nSPS) is 10.6. The molecule has 0 saturated heterocycles. The topological polar surface area (TPSA) is 106 Å². The summed E-state index contributed by atoms with van der Waals surface area (Å²) in [6, 6.07) is 7.88. The highest BCUT2D eigenvalue weighted by molar-refractivity contribution is 5.97. The summed E-state index contributed by atoms with van der Waals surface area (Å²) in [4.78, 5) is 34.7. The van der Waals surface area contributed by atoms with Crippen LogP contribution in [0.25, 0.3) is 6.08 Å². The molecule has 0 radical (unpaired) electrons. The molecule has 0 bridgehead atoms. The molecule has 2 rings (SSSR count). The third-order valence-electron chi connectivity index (χ3n) is 3.05. The summed E-state index contributed by atoms with van der Waals surface area (Å²) in [5, 5.41) is 13.0. The first-order valence-corrected chi connectivity index (χ1v) is 7.08. The van der Waals surface area contributed by atoms with E-state index in [1.807, 2.05) is 0 Å². The molecule has 0 saturated carbocycles. The number of likely N-dealkylation sites (N-methyl/N-ethyl adjacent to an activating group) is 1. The number of carbonyl (C=O) groups excluding carboxylic acids is 2. The number of halogens is 1. The van der Waals surface area contributed by atoms with Crippen molar-refractivity contribution in [3.63, 3.8) is 0 Å². The number of furan rings is 1. The van der Waals surface area contributed by atoms with Gasteiger partial charge in [-0.3, -0.25) is 19.7 Å². The summed E-state index contributed by atoms with van der Waals surface area (Å²) in [5.41, 5.74) is 0.282. The maximum atomic E-state index is 13.0. The Bertz CT molecular complexity index is 831. The van der Waals surface area contributed by atoms with Crippen LogP contribution in [0.15, 0.2) is 46.9 Å². The lowest BCUT2D eigenvalue weighted by molar-refractivity contribution is -0.402. The Morgan fingerprint density at radius 3 is 2.76 bits per heavy atom. The number of nitrogens with one attached hydrogen (secondary N) is 1. The van der Waals surface area contributed by atoms with Crippen molar-refractivity contribution in [2.45, 2.75) is 0 Å². The molecule has 0 fully saturated rings. The zero-order valence-electron chi connectivity index (χ0n) is 13.1. The van der Waals surface area contributed by atoms with Crippen molar-refractivity contribution in [2.75, 3.05) is 18.9 Å². The van der Waals surface area contributed by atoms with E-state index in [0.29, 0.717) is 0 Å². The van der Waals surface area contributed by atoms with Crippen LogP contribution in [0, 0.1) is 15.9 Å². The van der Waals surface area contributed by atoms with E-state index in [1.165, 1.54) is 43.5 Å². The van der Waals surface area contributed by atoms with Crippen molar-refractivity contribution in [2.24, 2.45) is 0 Å². The van der Waals surface area contributed by atoms with Crippen molar-refractivity contribution in [1.29, 1.82) is 0 Å². The molecule has 8 nitrogen and oxygen atoms in total. The van der Waals surface area contributed by atoms with Gasteiger partial charge in [0.25, 0.3) is 0 Å². The molecule has 1 aromatic heterocycles. The molecule has 9 heteroatoms. The van der Waals surface area contributed by atoms with Crippen molar-refractivity contribution in [1.82, 2.24) is 4.90 Å². The molecule has 0 spiro atoms. The van der Waals surface area contributed by atoms with E-state index < -0.39 is 28.4 Å². The first kappa shape index (κ1) is 17.9. The Morgan fingerprint density at radius 2 is 2.12 bits per heavy atom. The molecule has 0 aliphatic carbocycles. The van der Waals surface area contributed by atoms with Crippen LogP contribution in [-0.2, 0) is 9.59 Å². The Hall–Kier alpha value is -3.49. The van der Waals surface area contributed by atoms with Crippen molar-refractivity contribution in [3.8, 4) is 0 Å². The third kappa shape index (κ3) is 5.27. The fraction of sp³-hybridized carbons (Fsp3) is 0.125. The van der Waals surface area contributed by atoms with Gasteiger partial charge >= 0.3 is 5.88 Å². The second kappa shape index (κ2) is 7.86. The number of hydrogen-bond acceptors (Lipinski definition) is 5. The molecular formula is C16H14FN3O5. The Balaban J connectivity index is 1.89. The van der Waals surface area contributed by atoms with Crippen LogP contribution in [0.1, 0.15) is 5.76 Å². The number of nitro groups is 1. The molecule has 1 aromatic carbocycles. The average molecular weight is 347 g/mol. The minimum Gasteiger partial charge on any atom is -0.401 e. The van der Waals surface area contributed by atoms with Crippen LogP contribution in [-0.4, -0.2) is 35.2 Å². The van der Waals surface area contributed by atoms with E-state index in [0.717, 1.165) is 17.0 Å². The van der Waals surface area contributed by atoms with Gasteiger partial charge in [0.1, 0.15) is 16.5 Å². The number of benzene rings is 1. The maximum absolute atomic E-state index is 13.0. The molecule has 1 heterocycles. The fourth-order valence-corrected chi connectivity index (χ4v) is 1.87. The molecule has 2 amide bonds. The highest BCUT2D eigenvalue weighted by Gasteiger charge is 2.13. The van der Waals surface area contributed by atoms with E-state index in [4.69, 9.17) is 4.42 Å². The Morgan fingerprint density at radius 1 is 1.36 bits per heavy atom. The summed E-state index contributed by atoms with van der Waals surface area (Å²) >= 11 is 0. The number of rotatable bonds is 6. The quantitative estimate of drug-likeness (QED) is 0.491. The standard InChI is InChI=1S/C16H14FN3O5/c1-19(10-14(21)18-12-4-2-3-11(17)9-12)15(22)7-5-13-6-8-16(25-13)20(23)24/h2-9H,10H2,1H3,(H,18,21)/b7-5+. The van der Waals surface area contributed by atoms with Crippen LogP contribution < -0.4 is 5.32 Å². The maximum Gasteiger partial charge on any atom is 0.433 e. The second-order valence-corrected chi connectivity index (χ2v) is 5.02. The lowest BCUT2D eigenvalue weighted by Gasteiger charge is -2.14. The minimum atomic E-state index is -0.692. The van der Waals surface area contributed by atoms with Crippen molar-refractivity contribution < 1.29 is 23.3 Å². The van der Waals surface area contributed by atoms with Gasteiger partial charge < -0.3 is 14.6 Å². The zero-order chi connectivity index (χ0) is 18.4. The molecule has 2 aromatic rings. The van der Waals surface area contributed by atoms with Crippen molar-refractivity contribution >= 4 is 29.5 Å². The summed E-state index contributed by atoms with van der Waals surface area (Å²) in [6.45, 7) is -0.252. The predicted molar refractivity (Wildman–Crippen MR) is 87.1 cm³/mol. The number of anilines is 1. The molecule has 0 aliphatic rings. The second-order valence-electron chi connectivity index (χ2n) is 5.02.